The van der Waals surface area contributed by atoms with Crippen LogP contribution in [0.25, 0.3) is 11.6 Å². The lowest BCUT2D eigenvalue weighted by Crippen LogP contribution is -2.18. The molecular formula is C10H13BrN4O. The molecule has 0 unspecified atom stereocenters. The van der Waals surface area contributed by atoms with Crippen molar-refractivity contribution in [3.63, 3.8) is 0 Å². The first-order valence-electron chi connectivity index (χ1n) is 5.01. The van der Waals surface area contributed by atoms with Crippen LogP contribution in [-0.4, -0.2) is 15.2 Å². The highest BCUT2D eigenvalue weighted by molar-refractivity contribution is 9.10. The SMILES string of the molecule is CC(C)[C@H](N)c1nc(-c2ccc(Br)o2)n[nH]1. The summed E-state index contributed by atoms with van der Waals surface area (Å²) in [6.07, 6.45) is 0. The molecule has 2 rings (SSSR count). The first-order valence-corrected chi connectivity index (χ1v) is 5.81. The Morgan fingerprint density at radius 2 is 2.19 bits per heavy atom. The smallest absolute Gasteiger partial charge is 0.217 e. The van der Waals surface area contributed by atoms with Gasteiger partial charge in [-0.25, -0.2) is 4.98 Å². The Morgan fingerprint density at radius 3 is 2.75 bits per heavy atom. The molecule has 5 nitrogen and oxygen atoms in total. The van der Waals surface area contributed by atoms with E-state index in [0.717, 1.165) is 0 Å². The van der Waals surface area contributed by atoms with Gasteiger partial charge in [-0.05, 0) is 34.0 Å². The van der Waals surface area contributed by atoms with Crippen LogP contribution >= 0.6 is 15.9 Å². The Balaban J connectivity index is 2.26. The van der Waals surface area contributed by atoms with Crippen LogP contribution in [0.3, 0.4) is 0 Å². The topological polar surface area (TPSA) is 80.7 Å². The van der Waals surface area contributed by atoms with E-state index in [-0.39, 0.29) is 6.04 Å². The Kier molecular flexibility index (Phi) is 3.11. The van der Waals surface area contributed by atoms with E-state index in [9.17, 15) is 0 Å². The largest absolute Gasteiger partial charge is 0.446 e. The number of nitrogens with zero attached hydrogens (tertiary/aromatic N) is 2. The molecule has 0 radical (unpaired) electrons. The van der Waals surface area contributed by atoms with Gasteiger partial charge >= 0.3 is 0 Å². The number of rotatable bonds is 3. The van der Waals surface area contributed by atoms with Gasteiger partial charge in [-0.15, -0.1) is 5.10 Å². The Labute approximate surface area is 102 Å². The van der Waals surface area contributed by atoms with E-state index in [1.807, 2.05) is 13.8 Å². The quantitative estimate of drug-likeness (QED) is 0.907. The number of hydrogen-bond donors (Lipinski definition) is 2. The van der Waals surface area contributed by atoms with Gasteiger partial charge in [0, 0.05) is 0 Å². The zero-order chi connectivity index (χ0) is 11.7. The highest BCUT2D eigenvalue weighted by Gasteiger charge is 2.17. The average molecular weight is 285 g/mol. The zero-order valence-electron chi connectivity index (χ0n) is 9.07. The minimum atomic E-state index is -0.139. The van der Waals surface area contributed by atoms with Gasteiger partial charge in [0.1, 0.15) is 5.82 Å². The summed E-state index contributed by atoms with van der Waals surface area (Å²) in [7, 11) is 0. The summed E-state index contributed by atoms with van der Waals surface area (Å²) in [5, 5.41) is 6.91. The lowest BCUT2D eigenvalue weighted by molar-refractivity contribution is 0.491. The summed E-state index contributed by atoms with van der Waals surface area (Å²) >= 11 is 3.23. The number of halogens is 1. The van der Waals surface area contributed by atoms with Crippen molar-refractivity contribution >= 4 is 15.9 Å². The first kappa shape index (κ1) is 11.3. The highest BCUT2D eigenvalue weighted by Crippen LogP contribution is 2.23. The minimum absolute atomic E-state index is 0.139. The molecule has 2 heterocycles. The van der Waals surface area contributed by atoms with Crippen LogP contribution in [0.1, 0.15) is 25.7 Å². The van der Waals surface area contributed by atoms with Crippen LogP contribution < -0.4 is 5.73 Å². The molecule has 2 aromatic rings. The number of H-pyrrole nitrogens is 1. The third-order valence-electron chi connectivity index (χ3n) is 2.33. The van der Waals surface area contributed by atoms with Crippen molar-refractivity contribution in [3.05, 3.63) is 22.6 Å². The molecule has 16 heavy (non-hydrogen) atoms. The third-order valence-corrected chi connectivity index (χ3v) is 2.76. The first-order chi connectivity index (χ1) is 7.58. The second-order valence-electron chi connectivity index (χ2n) is 3.92. The predicted molar refractivity (Wildman–Crippen MR) is 63.6 cm³/mol. The molecular weight excluding hydrogens is 272 g/mol. The van der Waals surface area contributed by atoms with Gasteiger partial charge in [0.15, 0.2) is 10.4 Å². The van der Waals surface area contributed by atoms with Crippen molar-refractivity contribution in [1.29, 1.82) is 0 Å². The van der Waals surface area contributed by atoms with E-state index >= 15 is 0 Å². The Hall–Kier alpha value is -1.14. The average Bonchev–Trinajstić information content (AvgIpc) is 2.84. The number of nitrogens with two attached hydrogens (primary N) is 1. The van der Waals surface area contributed by atoms with E-state index in [1.54, 1.807) is 12.1 Å². The van der Waals surface area contributed by atoms with Crippen molar-refractivity contribution in [2.75, 3.05) is 0 Å². The molecule has 0 aliphatic carbocycles. The molecule has 0 aromatic carbocycles. The Morgan fingerprint density at radius 1 is 1.44 bits per heavy atom. The number of hydrogen-bond acceptors (Lipinski definition) is 4. The summed E-state index contributed by atoms with van der Waals surface area (Å²) < 4.78 is 6.01. The molecule has 0 saturated carbocycles. The fourth-order valence-corrected chi connectivity index (χ4v) is 1.59. The van der Waals surface area contributed by atoms with Crippen molar-refractivity contribution in [1.82, 2.24) is 15.2 Å². The summed E-state index contributed by atoms with van der Waals surface area (Å²) in [6.45, 7) is 4.08. The lowest BCUT2D eigenvalue weighted by atomic mass is 10.1. The van der Waals surface area contributed by atoms with Gasteiger partial charge in [0.2, 0.25) is 5.82 Å². The second kappa shape index (κ2) is 4.39. The van der Waals surface area contributed by atoms with Gasteiger partial charge in [-0.3, -0.25) is 5.10 Å². The van der Waals surface area contributed by atoms with Gasteiger partial charge in [0.05, 0.1) is 6.04 Å². The third kappa shape index (κ3) is 2.17. The zero-order valence-corrected chi connectivity index (χ0v) is 10.7. The molecule has 3 N–H and O–H groups in total. The molecule has 0 aliphatic rings. The van der Waals surface area contributed by atoms with E-state index in [4.69, 9.17) is 10.2 Å². The van der Waals surface area contributed by atoms with Crippen LogP contribution in [0.4, 0.5) is 0 Å². The van der Waals surface area contributed by atoms with Gasteiger partial charge < -0.3 is 10.2 Å². The maximum Gasteiger partial charge on any atom is 0.217 e. The van der Waals surface area contributed by atoms with E-state index in [1.165, 1.54) is 0 Å². The van der Waals surface area contributed by atoms with E-state index < -0.39 is 0 Å². The number of furan rings is 1. The maximum absolute atomic E-state index is 5.96. The molecule has 0 bridgehead atoms. The Bertz CT molecular complexity index is 477. The van der Waals surface area contributed by atoms with Crippen LogP contribution in [0.15, 0.2) is 21.2 Å². The normalized spacial score (nSPS) is 13.3. The fourth-order valence-electron chi connectivity index (χ4n) is 1.28. The van der Waals surface area contributed by atoms with Crippen LogP contribution in [0.5, 0.6) is 0 Å². The number of nitrogens with one attached hydrogen (secondary N) is 1. The van der Waals surface area contributed by atoms with E-state index in [0.29, 0.717) is 28.0 Å². The molecule has 0 amide bonds. The molecule has 6 heteroatoms. The summed E-state index contributed by atoms with van der Waals surface area (Å²) in [4.78, 5) is 4.31. The second-order valence-corrected chi connectivity index (χ2v) is 4.70. The van der Waals surface area contributed by atoms with Crippen molar-refractivity contribution in [3.8, 4) is 11.6 Å². The summed E-state index contributed by atoms with van der Waals surface area (Å²) in [6, 6.07) is 3.46. The number of aromatic nitrogens is 3. The van der Waals surface area contributed by atoms with Crippen molar-refractivity contribution < 1.29 is 4.42 Å². The summed E-state index contributed by atoms with van der Waals surface area (Å²) in [5.41, 5.74) is 5.96. The van der Waals surface area contributed by atoms with Crippen LogP contribution in [0, 0.1) is 5.92 Å². The number of aromatic amines is 1. The van der Waals surface area contributed by atoms with Gasteiger partial charge in [-0.1, -0.05) is 13.8 Å². The van der Waals surface area contributed by atoms with Crippen molar-refractivity contribution in [2.45, 2.75) is 19.9 Å². The molecule has 0 saturated heterocycles. The predicted octanol–water partition coefficient (Wildman–Crippen LogP) is 2.48. The van der Waals surface area contributed by atoms with Crippen molar-refractivity contribution in [2.24, 2.45) is 11.7 Å². The molecule has 0 fully saturated rings. The molecule has 0 spiro atoms. The van der Waals surface area contributed by atoms with Gasteiger partial charge in [-0.2, -0.15) is 0 Å². The minimum Gasteiger partial charge on any atom is -0.446 e. The fraction of sp³-hybridized carbons (Fsp3) is 0.400. The molecule has 2 aromatic heterocycles. The molecule has 0 aliphatic heterocycles. The van der Waals surface area contributed by atoms with E-state index in [2.05, 4.69) is 31.1 Å². The van der Waals surface area contributed by atoms with Gasteiger partial charge in [0.25, 0.3) is 0 Å². The standard InChI is InChI=1S/C10H13BrN4O/c1-5(2)8(12)10-13-9(14-15-10)6-3-4-7(11)16-6/h3-5,8H,12H2,1-2H3,(H,13,14,15)/t8-/m0/s1. The van der Waals surface area contributed by atoms with Crippen LogP contribution in [-0.2, 0) is 0 Å². The summed E-state index contributed by atoms with van der Waals surface area (Å²) in [5.74, 6) is 2.13. The monoisotopic (exact) mass is 284 g/mol. The maximum atomic E-state index is 5.96. The molecule has 86 valence electrons. The molecule has 1 atom stereocenters. The van der Waals surface area contributed by atoms with Crippen LogP contribution in [0.2, 0.25) is 0 Å². The lowest BCUT2D eigenvalue weighted by Gasteiger charge is -2.10. The highest BCUT2D eigenvalue weighted by atomic mass is 79.9.